The second kappa shape index (κ2) is 9.92. The predicted octanol–water partition coefficient (Wildman–Crippen LogP) is 5.16. The number of methoxy groups -OCH3 is 2. The van der Waals surface area contributed by atoms with Gasteiger partial charge in [0, 0.05) is 18.0 Å². The number of nitrogens with two attached hydrogens (primary N) is 1. The SMILES string of the molecule is COc1ccc(-c2ccc(CNCCC(N)c3nsc4ccccc34)cc2)cc1OC. The zero-order valence-corrected chi connectivity index (χ0v) is 18.6. The molecule has 6 heteroatoms. The van der Waals surface area contributed by atoms with E-state index in [-0.39, 0.29) is 6.04 Å². The van der Waals surface area contributed by atoms with Gasteiger partial charge in [-0.25, -0.2) is 0 Å². The third-order valence-corrected chi connectivity index (χ3v) is 6.23. The normalized spacial score (nSPS) is 12.1. The maximum Gasteiger partial charge on any atom is 0.161 e. The maximum atomic E-state index is 6.40. The molecule has 3 N–H and O–H groups in total. The van der Waals surface area contributed by atoms with Gasteiger partial charge in [-0.15, -0.1) is 0 Å². The molecule has 0 fully saturated rings. The molecule has 0 saturated heterocycles. The number of ether oxygens (including phenoxy) is 2. The monoisotopic (exact) mass is 433 g/mol. The highest BCUT2D eigenvalue weighted by atomic mass is 32.1. The molecule has 1 unspecified atom stereocenters. The van der Waals surface area contributed by atoms with E-state index in [0.29, 0.717) is 0 Å². The number of nitrogens with one attached hydrogen (secondary N) is 1. The van der Waals surface area contributed by atoms with Crippen LogP contribution in [-0.4, -0.2) is 25.1 Å². The minimum absolute atomic E-state index is 0.0592. The number of hydrogen-bond acceptors (Lipinski definition) is 6. The summed E-state index contributed by atoms with van der Waals surface area (Å²) in [6.45, 7) is 1.64. The van der Waals surface area contributed by atoms with Crippen molar-refractivity contribution in [3.05, 3.63) is 78.0 Å². The average molecular weight is 434 g/mol. The molecule has 160 valence electrons. The van der Waals surface area contributed by atoms with E-state index >= 15 is 0 Å². The Morgan fingerprint density at radius 1 is 0.935 bits per heavy atom. The van der Waals surface area contributed by atoms with Crippen molar-refractivity contribution in [1.29, 1.82) is 0 Å². The van der Waals surface area contributed by atoms with Gasteiger partial charge in [-0.2, -0.15) is 4.37 Å². The fourth-order valence-corrected chi connectivity index (χ4v) is 4.47. The Morgan fingerprint density at radius 2 is 1.68 bits per heavy atom. The Morgan fingerprint density at radius 3 is 2.45 bits per heavy atom. The quantitative estimate of drug-likeness (QED) is 0.357. The van der Waals surface area contributed by atoms with Crippen molar-refractivity contribution >= 4 is 21.6 Å². The third-order valence-electron chi connectivity index (χ3n) is 5.39. The van der Waals surface area contributed by atoms with Crippen molar-refractivity contribution in [1.82, 2.24) is 9.69 Å². The lowest BCUT2D eigenvalue weighted by Crippen LogP contribution is -2.21. The van der Waals surface area contributed by atoms with Gasteiger partial charge in [0.15, 0.2) is 11.5 Å². The third kappa shape index (κ3) is 4.88. The van der Waals surface area contributed by atoms with Crippen LogP contribution < -0.4 is 20.5 Å². The lowest BCUT2D eigenvalue weighted by Gasteiger charge is -2.12. The molecule has 0 aliphatic rings. The zero-order chi connectivity index (χ0) is 21.6. The van der Waals surface area contributed by atoms with E-state index in [1.807, 2.05) is 30.3 Å². The summed E-state index contributed by atoms with van der Waals surface area (Å²) in [6, 6.07) is 22.7. The molecule has 1 aromatic heterocycles. The van der Waals surface area contributed by atoms with Crippen LogP contribution in [0.1, 0.15) is 23.7 Å². The summed E-state index contributed by atoms with van der Waals surface area (Å²) in [4.78, 5) is 0. The summed E-state index contributed by atoms with van der Waals surface area (Å²) in [5.74, 6) is 1.46. The van der Waals surface area contributed by atoms with Crippen LogP contribution >= 0.6 is 11.5 Å². The van der Waals surface area contributed by atoms with Gasteiger partial charge in [0.25, 0.3) is 0 Å². The molecule has 0 aliphatic heterocycles. The summed E-state index contributed by atoms with van der Waals surface area (Å²) in [6.07, 6.45) is 0.845. The Bertz CT molecular complexity index is 1140. The van der Waals surface area contributed by atoms with Crippen LogP contribution in [0.15, 0.2) is 66.7 Å². The molecule has 1 atom stereocenters. The summed E-state index contributed by atoms with van der Waals surface area (Å²) in [5, 5.41) is 4.67. The standard InChI is InChI=1S/C25H27N3O2S/c1-29-22-12-11-19(15-23(22)30-2)18-9-7-17(8-10-18)16-27-14-13-21(26)25-20-5-3-4-6-24(20)31-28-25/h3-12,15,21,27H,13-14,16,26H2,1-2H3. The molecule has 0 spiro atoms. The topological polar surface area (TPSA) is 69.4 Å². The van der Waals surface area contributed by atoms with Gasteiger partial charge in [0.1, 0.15) is 0 Å². The van der Waals surface area contributed by atoms with Crippen LogP contribution in [-0.2, 0) is 6.54 Å². The van der Waals surface area contributed by atoms with Gasteiger partial charge in [-0.05, 0) is 59.4 Å². The highest BCUT2D eigenvalue weighted by Crippen LogP contribution is 2.32. The summed E-state index contributed by atoms with van der Waals surface area (Å²) < 4.78 is 16.5. The molecular formula is C25H27N3O2S. The molecule has 0 radical (unpaired) electrons. The van der Waals surface area contributed by atoms with E-state index in [1.54, 1.807) is 14.2 Å². The molecule has 31 heavy (non-hydrogen) atoms. The van der Waals surface area contributed by atoms with Crippen LogP contribution in [0.5, 0.6) is 11.5 Å². The highest BCUT2D eigenvalue weighted by molar-refractivity contribution is 7.13. The van der Waals surface area contributed by atoms with Gasteiger partial charge in [0.2, 0.25) is 0 Å². The molecule has 0 amide bonds. The van der Waals surface area contributed by atoms with Gasteiger partial charge in [-0.3, -0.25) is 0 Å². The number of aromatic nitrogens is 1. The first-order valence-corrected chi connectivity index (χ1v) is 11.1. The first kappa shape index (κ1) is 21.3. The van der Waals surface area contributed by atoms with Crippen LogP contribution in [0.25, 0.3) is 21.2 Å². The van der Waals surface area contributed by atoms with Crippen LogP contribution in [0.2, 0.25) is 0 Å². The van der Waals surface area contributed by atoms with Crippen molar-refractivity contribution in [2.75, 3.05) is 20.8 Å². The fraction of sp³-hybridized carbons (Fsp3) is 0.240. The Labute approximate surface area is 187 Å². The Balaban J connectivity index is 1.31. The molecule has 5 nitrogen and oxygen atoms in total. The Hall–Kier alpha value is -2.93. The predicted molar refractivity (Wildman–Crippen MR) is 128 cm³/mol. The molecule has 4 aromatic rings. The summed E-state index contributed by atoms with van der Waals surface area (Å²) in [5.41, 5.74) is 10.9. The molecule has 0 bridgehead atoms. The largest absolute Gasteiger partial charge is 0.493 e. The van der Waals surface area contributed by atoms with Gasteiger partial charge in [0.05, 0.1) is 24.6 Å². The minimum atomic E-state index is -0.0592. The molecule has 4 rings (SSSR count). The van der Waals surface area contributed by atoms with Crippen molar-refractivity contribution in [3.8, 4) is 22.6 Å². The number of benzene rings is 3. The molecule has 0 saturated carbocycles. The maximum absolute atomic E-state index is 6.40. The van der Waals surface area contributed by atoms with Crippen molar-refractivity contribution in [2.24, 2.45) is 5.73 Å². The van der Waals surface area contributed by atoms with Crippen molar-refractivity contribution in [3.63, 3.8) is 0 Å². The van der Waals surface area contributed by atoms with Crippen LogP contribution in [0.4, 0.5) is 0 Å². The number of nitrogens with zero attached hydrogens (tertiary/aromatic N) is 1. The summed E-state index contributed by atoms with van der Waals surface area (Å²) in [7, 11) is 3.30. The molecule has 3 aromatic carbocycles. The van der Waals surface area contributed by atoms with Gasteiger partial charge >= 0.3 is 0 Å². The smallest absolute Gasteiger partial charge is 0.161 e. The van der Waals surface area contributed by atoms with Crippen LogP contribution in [0, 0.1) is 0 Å². The number of rotatable bonds is 9. The second-order valence-corrected chi connectivity index (χ2v) is 8.21. The Kier molecular flexibility index (Phi) is 6.82. The number of hydrogen-bond donors (Lipinski definition) is 2. The molecule has 0 aliphatic carbocycles. The fourth-order valence-electron chi connectivity index (χ4n) is 3.63. The van der Waals surface area contributed by atoms with Crippen molar-refractivity contribution < 1.29 is 9.47 Å². The zero-order valence-electron chi connectivity index (χ0n) is 17.8. The van der Waals surface area contributed by atoms with E-state index in [9.17, 15) is 0 Å². The van der Waals surface area contributed by atoms with E-state index in [0.717, 1.165) is 47.8 Å². The van der Waals surface area contributed by atoms with E-state index in [1.165, 1.54) is 27.2 Å². The average Bonchev–Trinajstić information content (AvgIpc) is 3.26. The minimum Gasteiger partial charge on any atom is -0.493 e. The van der Waals surface area contributed by atoms with E-state index in [4.69, 9.17) is 15.2 Å². The number of fused-ring (bicyclic) bond motifs is 1. The first-order chi connectivity index (χ1) is 15.2. The first-order valence-electron chi connectivity index (χ1n) is 10.3. The van der Waals surface area contributed by atoms with Crippen LogP contribution in [0.3, 0.4) is 0 Å². The van der Waals surface area contributed by atoms with Crippen molar-refractivity contribution in [2.45, 2.75) is 19.0 Å². The summed E-state index contributed by atoms with van der Waals surface area (Å²) >= 11 is 1.52. The lowest BCUT2D eigenvalue weighted by molar-refractivity contribution is 0.355. The lowest BCUT2D eigenvalue weighted by atomic mass is 10.0. The second-order valence-electron chi connectivity index (χ2n) is 7.40. The highest BCUT2D eigenvalue weighted by Gasteiger charge is 2.13. The van der Waals surface area contributed by atoms with E-state index < -0.39 is 0 Å². The molecular weight excluding hydrogens is 406 g/mol. The van der Waals surface area contributed by atoms with Gasteiger partial charge in [-0.1, -0.05) is 48.5 Å². The van der Waals surface area contributed by atoms with E-state index in [2.05, 4.69) is 46.1 Å². The molecule has 1 heterocycles. The van der Waals surface area contributed by atoms with Gasteiger partial charge < -0.3 is 20.5 Å².